The van der Waals surface area contributed by atoms with Crippen LogP contribution in [-0.4, -0.2) is 26.8 Å². The van der Waals surface area contributed by atoms with Gasteiger partial charge in [-0.2, -0.15) is 4.68 Å². The molecule has 0 atom stereocenters. The van der Waals surface area contributed by atoms with E-state index >= 15 is 0 Å². The Morgan fingerprint density at radius 2 is 1.88 bits per heavy atom. The molecule has 1 aromatic heterocycles. The van der Waals surface area contributed by atoms with Gasteiger partial charge >= 0.3 is 6.01 Å². The fourth-order valence-electron chi connectivity index (χ4n) is 2.30. The molecule has 25 heavy (non-hydrogen) atoms. The van der Waals surface area contributed by atoms with E-state index in [1.165, 1.54) is 0 Å². The average Bonchev–Trinajstić information content (AvgIpc) is 3.04. The highest BCUT2D eigenvalue weighted by molar-refractivity contribution is 5.34. The van der Waals surface area contributed by atoms with E-state index in [9.17, 15) is 0 Å². The first-order valence-electron chi connectivity index (χ1n) is 8.03. The lowest BCUT2D eigenvalue weighted by molar-refractivity contribution is -0.00000589. The highest BCUT2D eigenvalue weighted by atomic mass is 35.5. The van der Waals surface area contributed by atoms with Crippen molar-refractivity contribution in [3.63, 3.8) is 0 Å². The molecule has 0 saturated heterocycles. The largest absolute Gasteiger partial charge is 1.00 e. The van der Waals surface area contributed by atoms with Crippen molar-refractivity contribution < 1.29 is 17.1 Å². The zero-order chi connectivity index (χ0) is 16.8. The maximum absolute atomic E-state index is 5.87. The summed E-state index contributed by atoms with van der Waals surface area (Å²) in [6, 6.07) is 17.9. The molecule has 0 radical (unpaired) electrons. The molecule has 0 saturated carbocycles. The van der Waals surface area contributed by atoms with Crippen LogP contribution < -0.4 is 22.5 Å². The quantitative estimate of drug-likeness (QED) is 0.654. The Morgan fingerprint density at radius 3 is 2.64 bits per heavy atom. The molecule has 0 amide bonds. The standard InChI is InChI=1S/C18H21N5O.ClH/c1-14(2)12-19-13-15-7-6-10-17(11-15)24-18-20-21-22-23(18)16-8-4-3-5-9-16;/h3-11,14,19H,12-13H2,1-2H3;1H/p-1. The van der Waals surface area contributed by atoms with Gasteiger partial charge in [-0.1, -0.05) is 49.3 Å². The van der Waals surface area contributed by atoms with Crippen LogP contribution in [0, 0.1) is 5.92 Å². The molecule has 0 aliphatic carbocycles. The molecule has 1 N–H and O–H groups in total. The SMILES string of the molecule is CC(C)CNCc1cccc(Oc2nnnn2-c2ccccc2)c1.[Cl-]. The molecule has 0 unspecified atom stereocenters. The molecule has 1 heterocycles. The Kier molecular flexibility index (Phi) is 6.91. The highest BCUT2D eigenvalue weighted by Crippen LogP contribution is 2.22. The third-order valence-electron chi connectivity index (χ3n) is 3.43. The van der Waals surface area contributed by atoms with Crippen LogP contribution in [0.3, 0.4) is 0 Å². The van der Waals surface area contributed by atoms with Crippen LogP contribution in [0.25, 0.3) is 5.69 Å². The topological polar surface area (TPSA) is 64.9 Å². The average molecular weight is 359 g/mol. The zero-order valence-corrected chi connectivity index (χ0v) is 15.0. The Hall–Kier alpha value is -2.44. The van der Waals surface area contributed by atoms with Gasteiger partial charge in [0, 0.05) is 6.54 Å². The van der Waals surface area contributed by atoms with E-state index in [1.54, 1.807) is 4.68 Å². The predicted octanol–water partition coefficient (Wildman–Crippen LogP) is 0.204. The van der Waals surface area contributed by atoms with Crippen molar-refractivity contribution in [1.29, 1.82) is 0 Å². The summed E-state index contributed by atoms with van der Waals surface area (Å²) in [6.45, 7) is 6.17. The normalized spacial score (nSPS) is 10.5. The number of benzene rings is 2. The van der Waals surface area contributed by atoms with Crippen LogP contribution >= 0.6 is 0 Å². The van der Waals surface area contributed by atoms with Crippen molar-refractivity contribution in [3.8, 4) is 17.4 Å². The van der Waals surface area contributed by atoms with Gasteiger partial charge in [0.2, 0.25) is 0 Å². The van der Waals surface area contributed by atoms with E-state index in [-0.39, 0.29) is 12.4 Å². The second-order valence-electron chi connectivity index (χ2n) is 5.98. The van der Waals surface area contributed by atoms with E-state index < -0.39 is 0 Å². The minimum Gasteiger partial charge on any atom is -1.00 e. The summed E-state index contributed by atoms with van der Waals surface area (Å²) in [5, 5.41) is 15.1. The van der Waals surface area contributed by atoms with Crippen molar-refractivity contribution in [1.82, 2.24) is 25.5 Å². The van der Waals surface area contributed by atoms with Gasteiger partial charge in [0.1, 0.15) is 5.75 Å². The number of nitrogens with zero attached hydrogens (tertiary/aromatic N) is 4. The maximum Gasteiger partial charge on any atom is 0.345 e. The van der Waals surface area contributed by atoms with Gasteiger partial charge in [-0.3, -0.25) is 0 Å². The molecule has 2 aromatic carbocycles. The molecule has 6 nitrogen and oxygen atoms in total. The van der Waals surface area contributed by atoms with Crippen molar-refractivity contribution in [2.24, 2.45) is 5.92 Å². The summed E-state index contributed by atoms with van der Waals surface area (Å²) in [5.74, 6) is 1.34. The maximum atomic E-state index is 5.87. The molecule has 0 fully saturated rings. The van der Waals surface area contributed by atoms with Crippen molar-refractivity contribution in [2.75, 3.05) is 6.54 Å². The van der Waals surface area contributed by atoms with Gasteiger partial charge in [-0.25, -0.2) is 0 Å². The zero-order valence-electron chi connectivity index (χ0n) is 14.3. The molecule has 0 aliphatic rings. The Labute approximate surface area is 153 Å². The number of rotatable bonds is 7. The summed E-state index contributed by atoms with van der Waals surface area (Å²) < 4.78 is 7.44. The number of hydrogen-bond acceptors (Lipinski definition) is 5. The molecule has 3 aromatic rings. The summed E-state index contributed by atoms with van der Waals surface area (Å²) in [6.07, 6.45) is 0. The fraction of sp³-hybridized carbons (Fsp3) is 0.278. The van der Waals surface area contributed by atoms with Crippen molar-refractivity contribution >= 4 is 0 Å². The number of ether oxygens (including phenoxy) is 1. The van der Waals surface area contributed by atoms with Crippen LogP contribution in [0.15, 0.2) is 54.6 Å². The lowest BCUT2D eigenvalue weighted by atomic mass is 10.2. The van der Waals surface area contributed by atoms with Gasteiger partial charge in [-0.15, -0.1) is 0 Å². The van der Waals surface area contributed by atoms with Crippen LogP contribution in [0.4, 0.5) is 0 Å². The number of nitrogens with one attached hydrogen (secondary N) is 1. The highest BCUT2D eigenvalue weighted by Gasteiger charge is 2.10. The molecular formula is C18H21ClN5O-. The van der Waals surface area contributed by atoms with E-state index in [4.69, 9.17) is 4.74 Å². The Morgan fingerprint density at radius 1 is 1.08 bits per heavy atom. The second kappa shape index (κ2) is 9.15. The number of aromatic nitrogens is 4. The minimum absolute atomic E-state index is 0. The molecular weight excluding hydrogens is 338 g/mol. The molecule has 132 valence electrons. The third kappa shape index (κ3) is 5.27. The number of halogens is 1. The first kappa shape index (κ1) is 18.9. The van der Waals surface area contributed by atoms with E-state index in [0.717, 1.165) is 24.3 Å². The summed E-state index contributed by atoms with van der Waals surface area (Å²) in [7, 11) is 0. The van der Waals surface area contributed by atoms with Crippen LogP contribution in [-0.2, 0) is 6.54 Å². The van der Waals surface area contributed by atoms with Gasteiger partial charge in [0.25, 0.3) is 0 Å². The molecule has 7 heteroatoms. The second-order valence-corrected chi connectivity index (χ2v) is 5.98. The number of tetrazole rings is 1. The van der Waals surface area contributed by atoms with Crippen molar-refractivity contribution in [3.05, 3.63) is 60.2 Å². The van der Waals surface area contributed by atoms with Crippen LogP contribution in [0.2, 0.25) is 0 Å². The third-order valence-corrected chi connectivity index (χ3v) is 3.43. The Bertz CT molecular complexity index is 776. The summed E-state index contributed by atoms with van der Waals surface area (Å²) in [5.41, 5.74) is 2.01. The first-order valence-corrected chi connectivity index (χ1v) is 8.03. The van der Waals surface area contributed by atoms with Gasteiger partial charge in [0.05, 0.1) is 5.69 Å². The number of hydrogen-bond donors (Lipinski definition) is 1. The molecule has 0 bridgehead atoms. The lowest BCUT2D eigenvalue weighted by Gasteiger charge is -2.09. The molecule has 0 aliphatic heterocycles. The lowest BCUT2D eigenvalue weighted by Crippen LogP contribution is -3.00. The van der Waals surface area contributed by atoms with E-state index in [1.807, 2.05) is 48.5 Å². The van der Waals surface area contributed by atoms with E-state index in [2.05, 4.69) is 40.8 Å². The van der Waals surface area contributed by atoms with Crippen LogP contribution in [0.1, 0.15) is 19.4 Å². The minimum atomic E-state index is 0. The Balaban J connectivity index is 0.00000225. The summed E-state index contributed by atoms with van der Waals surface area (Å²) in [4.78, 5) is 0. The molecule has 0 spiro atoms. The van der Waals surface area contributed by atoms with E-state index in [0.29, 0.717) is 17.7 Å². The van der Waals surface area contributed by atoms with Gasteiger partial charge in [-0.05, 0) is 52.7 Å². The van der Waals surface area contributed by atoms with Crippen molar-refractivity contribution in [2.45, 2.75) is 20.4 Å². The fourth-order valence-corrected chi connectivity index (χ4v) is 2.30. The number of para-hydroxylation sites is 1. The van der Waals surface area contributed by atoms with Gasteiger partial charge < -0.3 is 22.5 Å². The smallest absolute Gasteiger partial charge is 0.345 e. The first-order chi connectivity index (χ1) is 11.7. The van der Waals surface area contributed by atoms with Gasteiger partial charge in [0.15, 0.2) is 0 Å². The van der Waals surface area contributed by atoms with Crippen LogP contribution in [0.5, 0.6) is 11.8 Å². The predicted molar refractivity (Wildman–Crippen MR) is 92.2 cm³/mol. The summed E-state index contributed by atoms with van der Waals surface area (Å²) >= 11 is 0. The monoisotopic (exact) mass is 358 g/mol. The molecule has 3 rings (SSSR count).